The number of nitrogens with one attached hydrogen (secondary N) is 2. The highest BCUT2D eigenvalue weighted by molar-refractivity contribution is 7.11. The lowest BCUT2D eigenvalue weighted by atomic mass is 10.0. The van der Waals surface area contributed by atoms with Crippen molar-refractivity contribution >= 4 is 28.1 Å². The number of aryl methyl sites for hydroxylation is 3. The van der Waals surface area contributed by atoms with Crippen LogP contribution in [0.25, 0.3) is 10.9 Å². The Hall–Kier alpha value is -2.14. The molecule has 2 N–H and O–H groups in total. The van der Waals surface area contributed by atoms with Gasteiger partial charge >= 0.3 is 0 Å². The van der Waals surface area contributed by atoms with E-state index < -0.39 is 0 Å². The largest absolute Gasteiger partial charge is 0.361 e. The van der Waals surface area contributed by atoms with Crippen LogP contribution in [0.3, 0.4) is 0 Å². The monoisotopic (exact) mass is 353 g/mol. The molecule has 1 aromatic carbocycles. The van der Waals surface area contributed by atoms with Crippen molar-refractivity contribution in [2.24, 2.45) is 0 Å². The molecule has 2 aromatic heterocycles. The highest BCUT2D eigenvalue weighted by Gasteiger charge is 2.15. The molecular formula is C20H23N3OS. The predicted molar refractivity (Wildman–Crippen MR) is 102 cm³/mol. The summed E-state index contributed by atoms with van der Waals surface area (Å²) in [5.41, 5.74) is 3.64. The van der Waals surface area contributed by atoms with Crippen molar-refractivity contribution in [1.82, 2.24) is 15.3 Å². The van der Waals surface area contributed by atoms with Crippen molar-refractivity contribution in [3.8, 4) is 0 Å². The second-order valence-electron chi connectivity index (χ2n) is 6.64. The van der Waals surface area contributed by atoms with Gasteiger partial charge in [0.2, 0.25) is 5.91 Å². The van der Waals surface area contributed by atoms with Gasteiger partial charge in [-0.3, -0.25) is 4.79 Å². The summed E-state index contributed by atoms with van der Waals surface area (Å²) in [6, 6.07) is 8.22. The molecule has 2 heterocycles. The normalized spacial score (nSPS) is 13.8. The summed E-state index contributed by atoms with van der Waals surface area (Å²) in [4.78, 5) is 21.6. The maximum atomic E-state index is 12.1. The standard InChI is InChI=1S/C20H23N3OS/c24-19(10-9-14-13-22-16-6-2-1-5-15(14)16)21-12-11-20-23-17-7-3-4-8-18(17)25-20/h1-2,5-6,13,22H,3-4,7-12H2,(H,21,24). The smallest absolute Gasteiger partial charge is 0.220 e. The summed E-state index contributed by atoms with van der Waals surface area (Å²) < 4.78 is 0. The maximum Gasteiger partial charge on any atom is 0.220 e. The first-order chi connectivity index (χ1) is 12.3. The molecule has 130 valence electrons. The van der Waals surface area contributed by atoms with E-state index in [1.165, 1.54) is 45.8 Å². The number of hydrogen-bond acceptors (Lipinski definition) is 3. The summed E-state index contributed by atoms with van der Waals surface area (Å²) in [6.45, 7) is 0.680. The minimum Gasteiger partial charge on any atom is -0.361 e. The van der Waals surface area contributed by atoms with Gasteiger partial charge in [-0.05, 0) is 43.7 Å². The van der Waals surface area contributed by atoms with Gasteiger partial charge in [0, 0.05) is 41.4 Å². The lowest BCUT2D eigenvalue weighted by molar-refractivity contribution is -0.121. The Morgan fingerprint density at radius 2 is 2.08 bits per heavy atom. The summed E-state index contributed by atoms with van der Waals surface area (Å²) >= 11 is 1.83. The number of hydrogen-bond donors (Lipinski definition) is 2. The molecule has 1 amide bonds. The number of para-hydroxylation sites is 1. The van der Waals surface area contributed by atoms with Crippen LogP contribution in [-0.4, -0.2) is 22.4 Å². The number of carbonyl (C=O) groups excluding carboxylic acids is 1. The average Bonchev–Trinajstić information content (AvgIpc) is 3.23. The molecule has 1 aliphatic rings. The fourth-order valence-corrected chi connectivity index (χ4v) is 4.65. The summed E-state index contributed by atoms with van der Waals surface area (Å²) in [7, 11) is 0. The Balaban J connectivity index is 1.24. The molecule has 4 rings (SSSR count). The Labute approximate surface area is 151 Å². The van der Waals surface area contributed by atoms with Gasteiger partial charge in [0.05, 0.1) is 10.7 Å². The first-order valence-corrected chi connectivity index (χ1v) is 9.90. The van der Waals surface area contributed by atoms with E-state index in [1.807, 2.05) is 29.7 Å². The van der Waals surface area contributed by atoms with Gasteiger partial charge in [-0.1, -0.05) is 18.2 Å². The lowest BCUT2D eigenvalue weighted by Gasteiger charge is -2.06. The van der Waals surface area contributed by atoms with E-state index in [4.69, 9.17) is 4.98 Å². The number of fused-ring (bicyclic) bond motifs is 2. The zero-order chi connectivity index (χ0) is 17.1. The van der Waals surface area contributed by atoms with Crippen molar-refractivity contribution < 1.29 is 4.79 Å². The average molecular weight is 353 g/mol. The third-order valence-corrected chi connectivity index (χ3v) is 6.06. The molecule has 25 heavy (non-hydrogen) atoms. The zero-order valence-electron chi connectivity index (χ0n) is 14.3. The topological polar surface area (TPSA) is 57.8 Å². The van der Waals surface area contributed by atoms with Crippen LogP contribution in [0.5, 0.6) is 0 Å². The highest BCUT2D eigenvalue weighted by atomic mass is 32.1. The third kappa shape index (κ3) is 3.76. The van der Waals surface area contributed by atoms with Crippen LogP contribution in [0.4, 0.5) is 0 Å². The maximum absolute atomic E-state index is 12.1. The van der Waals surface area contributed by atoms with Crippen molar-refractivity contribution in [2.75, 3.05) is 6.54 Å². The van der Waals surface area contributed by atoms with Gasteiger partial charge < -0.3 is 10.3 Å². The van der Waals surface area contributed by atoms with Crippen LogP contribution in [-0.2, 0) is 30.5 Å². The number of rotatable bonds is 6. The third-order valence-electron chi connectivity index (χ3n) is 4.85. The van der Waals surface area contributed by atoms with Crippen molar-refractivity contribution in [3.63, 3.8) is 0 Å². The van der Waals surface area contributed by atoms with Gasteiger partial charge in [-0.2, -0.15) is 0 Å². The second kappa shape index (κ2) is 7.40. The van der Waals surface area contributed by atoms with Gasteiger partial charge in [-0.15, -0.1) is 11.3 Å². The van der Waals surface area contributed by atoms with Crippen LogP contribution in [0.2, 0.25) is 0 Å². The van der Waals surface area contributed by atoms with Crippen molar-refractivity contribution in [2.45, 2.75) is 44.9 Å². The zero-order valence-corrected chi connectivity index (χ0v) is 15.1. The molecular weight excluding hydrogens is 330 g/mol. The van der Waals surface area contributed by atoms with Crippen LogP contribution in [0.15, 0.2) is 30.5 Å². The minimum atomic E-state index is 0.117. The number of H-pyrrole nitrogens is 1. The Kier molecular flexibility index (Phi) is 4.83. The molecule has 5 heteroatoms. The van der Waals surface area contributed by atoms with E-state index in [0.717, 1.165) is 24.8 Å². The molecule has 3 aromatic rings. The van der Waals surface area contributed by atoms with Crippen molar-refractivity contribution in [3.05, 3.63) is 51.6 Å². The molecule has 4 nitrogen and oxygen atoms in total. The molecule has 0 saturated carbocycles. The number of nitrogens with zero attached hydrogens (tertiary/aromatic N) is 1. The number of aromatic nitrogens is 2. The molecule has 0 radical (unpaired) electrons. The van der Waals surface area contributed by atoms with Gasteiger partial charge in [0.25, 0.3) is 0 Å². The molecule has 0 unspecified atom stereocenters. The minimum absolute atomic E-state index is 0.117. The Morgan fingerprint density at radius 3 is 3.00 bits per heavy atom. The number of thiazole rings is 1. The van der Waals surface area contributed by atoms with Crippen LogP contribution in [0, 0.1) is 0 Å². The highest BCUT2D eigenvalue weighted by Crippen LogP contribution is 2.26. The van der Waals surface area contributed by atoms with Gasteiger partial charge in [0.1, 0.15) is 0 Å². The second-order valence-corrected chi connectivity index (χ2v) is 7.81. The molecule has 0 atom stereocenters. The lowest BCUT2D eigenvalue weighted by Crippen LogP contribution is -2.25. The SMILES string of the molecule is O=C(CCc1c[nH]c2ccccc12)NCCc1nc2c(s1)CCCC2. The molecule has 1 aliphatic carbocycles. The summed E-state index contributed by atoms with van der Waals surface area (Å²) in [5.74, 6) is 0.117. The van der Waals surface area contributed by atoms with Gasteiger partial charge in [0.15, 0.2) is 0 Å². The molecule has 0 saturated heterocycles. The van der Waals surface area contributed by atoms with E-state index in [9.17, 15) is 4.79 Å². The Morgan fingerprint density at radius 1 is 1.20 bits per heavy atom. The summed E-state index contributed by atoms with van der Waals surface area (Å²) in [6.07, 6.45) is 9.01. The number of amides is 1. The molecule has 0 bridgehead atoms. The van der Waals surface area contributed by atoms with Crippen LogP contribution >= 0.6 is 11.3 Å². The summed E-state index contributed by atoms with van der Waals surface area (Å²) in [5, 5.41) is 5.42. The van der Waals surface area contributed by atoms with E-state index in [1.54, 1.807) is 0 Å². The number of carbonyl (C=O) groups is 1. The van der Waals surface area contributed by atoms with Crippen LogP contribution in [0.1, 0.15) is 40.4 Å². The predicted octanol–water partition coefficient (Wildman–Crippen LogP) is 3.79. The quantitative estimate of drug-likeness (QED) is 0.708. The molecule has 0 spiro atoms. The van der Waals surface area contributed by atoms with Gasteiger partial charge in [-0.25, -0.2) is 4.98 Å². The van der Waals surface area contributed by atoms with Crippen molar-refractivity contribution in [1.29, 1.82) is 0 Å². The van der Waals surface area contributed by atoms with E-state index >= 15 is 0 Å². The van der Waals surface area contributed by atoms with E-state index in [-0.39, 0.29) is 5.91 Å². The van der Waals surface area contributed by atoms with E-state index in [2.05, 4.69) is 22.4 Å². The van der Waals surface area contributed by atoms with E-state index in [0.29, 0.717) is 13.0 Å². The molecule has 0 aliphatic heterocycles. The number of aromatic amines is 1. The molecule has 0 fully saturated rings. The first kappa shape index (κ1) is 16.3. The fourth-order valence-electron chi connectivity index (χ4n) is 3.50. The first-order valence-electron chi connectivity index (χ1n) is 9.09. The van der Waals surface area contributed by atoms with Crippen LogP contribution < -0.4 is 5.32 Å². The number of benzene rings is 1. The Bertz CT molecular complexity index is 857. The fraction of sp³-hybridized carbons (Fsp3) is 0.400.